The van der Waals surface area contributed by atoms with Crippen LogP contribution in [0.2, 0.25) is 0 Å². The lowest BCUT2D eigenvalue weighted by Crippen LogP contribution is -2.19. The van der Waals surface area contributed by atoms with E-state index in [0.29, 0.717) is 11.3 Å². The number of amides is 1. The molecular weight excluding hydrogens is 328 g/mol. The summed E-state index contributed by atoms with van der Waals surface area (Å²) in [5.74, 6) is 2.51. The van der Waals surface area contributed by atoms with Crippen LogP contribution in [0.25, 0.3) is 11.3 Å². The van der Waals surface area contributed by atoms with E-state index in [4.69, 9.17) is 0 Å². The number of nitrogens with one attached hydrogen (secondary N) is 1. The molecule has 0 saturated carbocycles. The van der Waals surface area contributed by atoms with Crippen LogP contribution in [0.15, 0.2) is 64.4 Å². The number of hydrogen-bond donors (Lipinski definition) is 1. The Hall–Kier alpha value is -3.63. The molecule has 1 amide bonds. The van der Waals surface area contributed by atoms with Crippen molar-refractivity contribution in [1.82, 2.24) is 9.36 Å². The van der Waals surface area contributed by atoms with Crippen LogP contribution in [0.3, 0.4) is 0 Å². The predicted molar refractivity (Wildman–Crippen MR) is 101 cm³/mol. The van der Waals surface area contributed by atoms with Crippen molar-refractivity contribution in [2.45, 2.75) is 6.92 Å². The molecule has 0 aliphatic carbocycles. The van der Waals surface area contributed by atoms with Crippen LogP contribution < -0.4 is 10.9 Å². The van der Waals surface area contributed by atoms with E-state index in [9.17, 15) is 9.59 Å². The number of fused-ring (bicyclic) bond motifs is 1. The zero-order chi connectivity index (χ0) is 18.3. The van der Waals surface area contributed by atoms with E-state index in [0.717, 1.165) is 16.9 Å². The van der Waals surface area contributed by atoms with E-state index in [1.165, 1.54) is 0 Å². The minimum atomic E-state index is -0.271. The maximum absolute atomic E-state index is 12.8. The Bertz CT molecular complexity index is 1150. The summed E-state index contributed by atoms with van der Waals surface area (Å²) >= 11 is 0. The predicted octanol–water partition coefficient (Wildman–Crippen LogP) is 2.82. The normalized spacial score (nSPS) is 12.5. The van der Waals surface area contributed by atoms with Crippen molar-refractivity contribution < 1.29 is 4.79 Å². The quantitative estimate of drug-likeness (QED) is 0.574. The second kappa shape index (κ2) is 6.02. The van der Waals surface area contributed by atoms with Gasteiger partial charge in [-0.2, -0.15) is 4.99 Å². The van der Waals surface area contributed by atoms with Crippen LogP contribution in [-0.4, -0.2) is 21.1 Å². The maximum atomic E-state index is 12.8. The van der Waals surface area contributed by atoms with Crippen molar-refractivity contribution in [3.63, 3.8) is 0 Å². The highest BCUT2D eigenvalue weighted by Crippen LogP contribution is 2.29. The number of anilines is 1. The first-order valence-electron chi connectivity index (χ1n) is 8.16. The molecule has 2 heterocycles. The van der Waals surface area contributed by atoms with Gasteiger partial charge in [-0.15, -0.1) is 0 Å². The fraction of sp³-hybridized carbons (Fsp3) is 0.100. The lowest BCUT2D eigenvalue weighted by Gasteiger charge is -2.07. The molecule has 1 aliphatic rings. The van der Waals surface area contributed by atoms with Gasteiger partial charge in [-0.25, -0.2) is 4.68 Å². The second-order valence-electron chi connectivity index (χ2n) is 6.01. The lowest BCUT2D eigenvalue weighted by atomic mass is 10.1. The highest BCUT2D eigenvalue weighted by molar-refractivity contribution is 6.38. The Balaban J connectivity index is 1.87. The van der Waals surface area contributed by atoms with Crippen LogP contribution in [-0.2, 0) is 11.8 Å². The molecule has 2 aromatic carbocycles. The van der Waals surface area contributed by atoms with Crippen molar-refractivity contribution >= 4 is 28.7 Å². The Kier molecular flexibility index (Phi) is 3.68. The van der Waals surface area contributed by atoms with Crippen LogP contribution in [0.1, 0.15) is 11.3 Å². The van der Waals surface area contributed by atoms with Gasteiger partial charge in [0.2, 0.25) is 0 Å². The number of rotatable bonds is 2. The molecule has 3 aromatic rings. The molecule has 1 aromatic heterocycles. The molecule has 1 aliphatic heterocycles. The first-order chi connectivity index (χ1) is 12.6. The third kappa shape index (κ3) is 2.41. The summed E-state index contributed by atoms with van der Waals surface area (Å²) in [5.41, 5.74) is 3.24. The van der Waals surface area contributed by atoms with Crippen LogP contribution >= 0.6 is 0 Å². The van der Waals surface area contributed by atoms with Gasteiger partial charge < -0.3 is 5.32 Å². The van der Waals surface area contributed by atoms with Gasteiger partial charge in [0.15, 0.2) is 5.69 Å². The average molecular weight is 344 g/mol. The fourth-order valence-electron chi connectivity index (χ4n) is 3.02. The number of aliphatic imine (C=N–C) groups is 1. The molecule has 4 rings (SSSR count). The first-order valence-corrected chi connectivity index (χ1v) is 8.16. The van der Waals surface area contributed by atoms with E-state index in [1.807, 2.05) is 61.5 Å². The lowest BCUT2D eigenvalue weighted by molar-refractivity contribution is -0.110. The van der Waals surface area contributed by atoms with Gasteiger partial charge in [0, 0.05) is 24.2 Å². The highest BCUT2D eigenvalue weighted by atomic mass is 16.2. The van der Waals surface area contributed by atoms with Gasteiger partial charge in [-0.1, -0.05) is 36.4 Å². The van der Waals surface area contributed by atoms with E-state index >= 15 is 0 Å². The van der Waals surface area contributed by atoms with Gasteiger partial charge in [0.25, 0.3) is 11.5 Å². The van der Waals surface area contributed by atoms with E-state index < -0.39 is 0 Å². The minimum Gasteiger partial charge on any atom is -0.321 e. The van der Waals surface area contributed by atoms with Gasteiger partial charge in [0.05, 0.1) is 11.4 Å². The zero-order valence-electron chi connectivity index (χ0n) is 14.4. The number of nitrogens with zero attached hydrogens (tertiary/aromatic N) is 3. The molecule has 0 bridgehead atoms. The number of aromatic nitrogens is 2. The third-order valence-electron chi connectivity index (χ3n) is 4.47. The second-order valence-corrected chi connectivity index (χ2v) is 6.01. The largest absolute Gasteiger partial charge is 0.321 e. The molecule has 0 spiro atoms. The summed E-state index contributed by atoms with van der Waals surface area (Å²) in [7, 11) is 1.80. The van der Waals surface area contributed by atoms with Crippen molar-refractivity contribution in [1.29, 1.82) is 0 Å². The molecule has 0 unspecified atom stereocenters. The Labute approximate surface area is 149 Å². The summed E-state index contributed by atoms with van der Waals surface area (Å²) in [6.45, 7) is 1.81. The van der Waals surface area contributed by atoms with Gasteiger partial charge >= 0.3 is 0 Å². The molecule has 0 atom stereocenters. The number of carbonyl (C=O) groups is 1. The number of hydrogen-bond acceptors (Lipinski definition) is 3. The summed E-state index contributed by atoms with van der Waals surface area (Å²) in [5, 5.41) is 2.77. The maximum Gasteiger partial charge on any atom is 0.298 e. The van der Waals surface area contributed by atoms with Crippen molar-refractivity contribution in [2.24, 2.45) is 12.0 Å². The highest BCUT2D eigenvalue weighted by Gasteiger charge is 2.24. The Morgan fingerprint density at radius 3 is 2.46 bits per heavy atom. The molecule has 128 valence electrons. The topological polar surface area (TPSA) is 68.4 Å². The van der Waals surface area contributed by atoms with Crippen molar-refractivity contribution in [3.05, 3.63) is 76.2 Å². The molecule has 6 heteroatoms. The fourth-order valence-corrected chi connectivity index (χ4v) is 3.02. The summed E-state index contributed by atoms with van der Waals surface area (Å²) in [6, 6.07) is 16.7. The standard InChI is InChI=1S/C20H16N4O2/c1-13-18(20(26)24(23(13)2)14-8-4-3-5-9-14)21-12-16-15-10-6-7-11-17(15)22-19(16)25/h3-11H,1-2H3,(H,22,25). The van der Waals surface area contributed by atoms with Gasteiger partial charge in [0.1, 0.15) is 5.57 Å². The smallest absolute Gasteiger partial charge is 0.298 e. The molecular formula is C20H16N4O2. The van der Waals surface area contributed by atoms with E-state index in [-0.39, 0.29) is 17.2 Å². The third-order valence-corrected chi connectivity index (χ3v) is 4.47. The number of para-hydroxylation sites is 2. The number of benzene rings is 2. The summed E-state index contributed by atoms with van der Waals surface area (Å²) in [6.07, 6.45) is 0. The van der Waals surface area contributed by atoms with Crippen LogP contribution in [0, 0.1) is 6.92 Å². The summed E-state index contributed by atoms with van der Waals surface area (Å²) in [4.78, 5) is 29.2. The van der Waals surface area contributed by atoms with Crippen molar-refractivity contribution in [3.8, 4) is 5.69 Å². The molecule has 6 nitrogen and oxygen atoms in total. The summed E-state index contributed by atoms with van der Waals surface area (Å²) < 4.78 is 3.29. The van der Waals surface area contributed by atoms with E-state index in [2.05, 4.69) is 16.2 Å². The van der Waals surface area contributed by atoms with Gasteiger partial charge in [-0.05, 0) is 25.1 Å². The zero-order valence-corrected chi connectivity index (χ0v) is 14.4. The monoisotopic (exact) mass is 344 g/mol. The SMILES string of the molecule is Cc1c(N=C=C2C(=O)Nc3ccccc32)c(=O)n(-c2ccccc2)n1C. The molecule has 0 fully saturated rings. The van der Waals surface area contributed by atoms with Gasteiger partial charge in [-0.3, -0.25) is 14.3 Å². The van der Waals surface area contributed by atoms with Crippen LogP contribution in [0.5, 0.6) is 0 Å². The molecule has 0 saturated heterocycles. The van der Waals surface area contributed by atoms with E-state index in [1.54, 1.807) is 16.4 Å². The number of carbonyl (C=O) groups excluding carboxylic acids is 1. The molecule has 0 radical (unpaired) electrons. The molecule has 26 heavy (non-hydrogen) atoms. The van der Waals surface area contributed by atoms with Crippen LogP contribution in [0.4, 0.5) is 11.4 Å². The molecule has 1 N–H and O–H groups in total. The Morgan fingerprint density at radius 1 is 1.00 bits per heavy atom. The average Bonchev–Trinajstić information content (AvgIpc) is 3.08. The van der Waals surface area contributed by atoms with Crippen molar-refractivity contribution in [2.75, 3.05) is 5.32 Å². The minimum absolute atomic E-state index is 0.254. The first kappa shape index (κ1) is 15.9. The Morgan fingerprint density at radius 2 is 1.69 bits per heavy atom.